The Morgan fingerprint density at radius 3 is 2.82 bits per heavy atom. The second-order valence-electron chi connectivity index (χ2n) is 3.84. The number of nitrogens with two attached hydrogens (primary N) is 1. The fourth-order valence-electron chi connectivity index (χ4n) is 1.56. The van der Waals surface area contributed by atoms with E-state index in [1.54, 1.807) is 6.07 Å². The van der Waals surface area contributed by atoms with Crippen molar-refractivity contribution in [2.45, 2.75) is 13.1 Å². The minimum absolute atomic E-state index is 0.212. The Hall–Kier alpha value is -1.53. The minimum Gasteiger partial charge on any atom is -0.374 e. The molecule has 0 fully saturated rings. The highest BCUT2D eigenvalue weighted by molar-refractivity contribution is 7.15. The van der Waals surface area contributed by atoms with E-state index < -0.39 is 0 Å². The Kier molecular flexibility index (Phi) is 3.65. The Labute approximate surface area is 103 Å². The molecule has 4 nitrogen and oxygen atoms in total. The molecule has 0 aliphatic carbocycles. The molecule has 2 rings (SSSR count). The Morgan fingerprint density at radius 2 is 2.18 bits per heavy atom. The third-order valence-electron chi connectivity index (χ3n) is 2.23. The van der Waals surface area contributed by atoms with Crippen molar-refractivity contribution in [1.29, 1.82) is 0 Å². The fraction of sp³-hybridized carbons (Fsp3) is 0.273. The van der Waals surface area contributed by atoms with Crippen molar-refractivity contribution in [3.8, 4) is 0 Å². The number of hydrogen-bond donors (Lipinski definition) is 1. The van der Waals surface area contributed by atoms with Gasteiger partial charge in [-0.15, -0.1) is 10.2 Å². The first-order chi connectivity index (χ1) is 8.13. The molecule has 0 radical (unpaired) electrons. The van der Waals surface area contributed by atoms with Gasteiger partial charge < -0.3 is 5.73 Å². The third-order valence-corrected chi connectivity index (χ3v) is 2.97. The Bertz CT molecular complexity index is 500. The lowest BCUT2D eigenvalue weighted by atomic mass is 10.2. The molecule has 0 aliphatic heterocycles. The third kappa shape index (κ3) is 3.47. The summed E-state index contributed by atoms with van der Waals surface area (Å²) in [5.74, 6) is -0.212. The maximum atomic E-state index is 13.0. The van der Waals surface area contributed by atoms with Crippen molar-refractivity contribution in [3.63, 3.8) is 0 Å². The quantitative estimate of drug-likeness (QED) is 0.903. The summed E-state index contributed by atoms with van der Waals surface area (Å²) in [7, 11) is 1.95. The summed E-state index contributed by atoms with van der Waals surface area (Å²) in [6.07, 6.45) is 0. The average Bonchev–Trinajstić information content (AvgIpc) is 2.63. The number of aromatic nitrogens is 2. The van der Waals surface area contributed by atoms with Gasteiger partial charge in [-0.2, -0.15) is 0 Å². The number of rotatable bonds is 4. The lowest BCUT2D eigenvalue weighted by Gasteiger charge is -2.14. The zero-order valence-corrected chi connectivity index (χ0v) is 10.2. The molecule has 6 heteroatoms. The zero-order chi connectivity index (χ0) is 12.3. The number of anilines is 1. The number of hydrogen-bond acceptors (Lipinski definition) is 5. The van der Waals surface area contributed by atoms with Gasteiger partial charge in [0.25, 0.3) is 0 Å². The highest BCUT2D eigenvalue weighted by Gasteiger charge is 2.06. The molecular weight excluding hydrogens is 239 g/mol. The van der Waals surface area contributed by atoms with Crippen LogP contribution in [0.5, 0.6) is 0 Å². The molecule has 0 atom stereocenters. The lowest BCUT2D eigenvalue weighted by Crippen LogP contribution is -2.17. The summed E-state index contributed by atoms with van der Waals surface area (Å²) in [4.78, 5) is 2.04. The minimum atomic E-state index is -0.212. The summed E-state index contributed by atoms with van der Waals surface area (Å²) >= 11 is 1.37. The first-order valence-corrected chi connectivity index (χ1v) is 5.96. The van der Waals surface area contributed by atoms with E-state index in [-0.39, 0.29) is 5.82 Å². The van der Waals surface area contributed by atoms with Crippen molar-refractivity contribution in [2.75, 3.05) is 12.8 Å². The van der Waals surface area contributed by atoms with Gasteiger partial charge in [-0.1, -0.05) is 23.5 Å². The first kappa shape index (κ1) is 11.9. The zero-order valence-electron chi connectivity index (χ0n) is 9.43. The first-order valence-electron chi connectivity index (χ1n) is 5.14. The van der Waals surface area contributed by atoms with Crippen LogP contribution in [0.15, 0.2) is 24.3 Å². The molecule has 1 heterocycles. The van der Waals surface area contributed by atoms with Crippen LogP contribution in [-0.4, -0.2) is 22.1 Å². The second kappa shape index (κ2) is 5.20. The van der Waals surface area contributed by atoms with Gasteiger partial charge in [0.1, 0.15) is 10.8 Å². The van der Waals surface area contributed by atoms with Crippen LogP contribution in [0.3, 0.4) is 0 Å². The molecule has 2 aromatic rings. The van der Waals surface area contributed by atoms with Crippen LogP contribution in [0.25, 0.3) is 0 Å². The molecule has 0 unspecified atom stereocenters. The maximum Gasteiger partial charge on any atom is 0.203 e. The molecule has 0 amide bonds. The molecule has 90 valence electrons. The topological polar surface area (TPSA) is 55.0 Å². The van der Waals surface area contributed by atoms with Crippen molar-refractivity contribution >= 4 is 16.5 Å². The fourth-order valence-corrected chi connectivity index (χ4v) is 2.25. The van der Waals surface area contributed by atoms with Crippen LogP contribution in [0.2, 0.25) is 0 Å². The van der Waals surface area contributed by atoms with Gasteiger partial charge in [0, 0.05) is 6.54 Å². The molecule has 0 bridgehead atoms. The van der Waals surface area contributed by atoms with Crippen LogP contribution >= 0.6 is 11.3 Å². The molecular formula is C11H13FN4S. The van der Waals surface area contributed by atoms with Crippen LogP contribution in [-0.2, 0) is 13.1 Å². The number of nitrogens with zero attached hydrogens (tertiary/aromatic N) is 3. The smallest absolute Gasteiger partial charge is 0.203 e. The molecule has 0 spiro atoms. The van der Waals surface area contributed by atoms with Gasteiger partial charge in [0.15, 0.2) is 0 Å². The molecule has 0 saturated heterocycles. The van der Waals surface area contributed by atoms with E-state index in [0.29, 0.717) is 18.2 Å². The van der Waals surface area contributed by atoms with E-state index in [2.05, 4.69) is 10.2 Å². The second-order valence-corrected chi connectivity index (χ2v) is 4.93. The van der Waals surface area contributed by atoms with Gasteiger partial charge in [-0.05, 0) is 24.7 Å². The van der Waals surface area contributed by atoms with Crippen LogP contribution in [0, 0.1) is 5.82 Å². The normalized spacial score (nSPS) is 11.0. The Morgan fingerprint density at radius 1 is 1.35 bits per heavy atom. The highest BCUT2D eigenvalue weighted by atomic mass is 32.1. The standard InChI is InChI=1S/C11H13FN4S/c1-16(7-10-14-15-11(13)17-10)6-8-3-2-4-9(12)5-8/h2-5H,6-7H2,1H3,(H2,13,15). The largest absolute Gasteiger partial charge is 0.374 e. The predicted octanol–water partition coefficient (Wildman–Crippen LogP) is 1.89. The van der Waals surface area contributed by atoms with E-state index in [9.17, 15) is 4.39 Å². The van der Waals surface area contributed by atoms with E-state index in [1.807, 2.05) is 18.0 Å². The van der Waals surface area contributed by atoms with Crippen LogP contribution < -0.4 is 5.73 Å². The summed E-state index contributed by atoms with van der Waals surface area (Å²) in [5.41, 5.74) is 6.44. The van der Waals surface area contributed by atoms with Crippen LogP contribution in [0.4, 0.5) is 9.52 Å². The summed E-state index contributed by atoms with van der Waals surface area (Å²) < 4.78 is 13.0. The van der Waals surface area contributed by atoms with Crippen molar-refractivity contribution < 1.29 is 4.39 Å². The SMILES string of the molecule is CN(Cc1cccc(F)c1)Cc1nnc(N)s1. The monoisotopic (exact) mass is 252 g/mol. The average molecular weight is 252 g/mol. The van der Waals surface area contributed by atoms with Gasteiger partial charge >= 0.3 is 0 Å². The summed E-state index contributed by atoms with van der Waals surface area (Å²) in [5, 5.41) is 9.03. The van der Waals surface area contributed by atoms with Gasteiger partial charge in [-0.3, -0.25) is 4.90 Å². The summed E-state index contributed by atoms with van der Waals surface area (Å²) in [6.45, 7) is 1.32. The maximum absolute atomic E-state index is 13.0. The van der Waals surface area contributed by atoms with Gasteiger partial charge in [0.05, 0.1) is 6.54 Å². The molecule has 1 aromatic heterocycles. The Balaban J connectivity index is 1.95. The number of benzene rings is 1. The number of halogens is 1. The molecule has 0 saturated carbocycles. The molecule has 0 aliphatic rings. The molecule has 1 aromatic carbocycles. The van der Waals surface area contributed by atoms with E-state index in [0.717, 1.165) is 10.6 Å². The molecule has 17 heavy (non-hydrogen) atoms. The van der Waals surface area contributed by atoms with Crippen molar-refractivity contribution in [1.82, 2.24) is 15.1 Å². The summed E-state index contributed by atoms with van der Waals surface area (Å²) in [6, 6.07) is 6.58. The lowest BCUT2D eigenvalue weighted by molar-refractivity contribution is 0.317. The van der Waals surface area contributed by atoms with Gasteiger partial charge in [0.2, 0.25) is 5.13 Å². The van der Waals surface area contributed by atoms with Gasteiger partial charge in [-0.25, -0.2) is 4.39 Å². The highest BCUT2D eigenvalue weighted by Crippen LogP contribution is 2.14. The molecule has 2 N–H and O–H groups in total. The van der Waals surface area contributed by atoms with E-state index >= 15 is 0 Å². The predicted molar refractivity (Wildman–Crippen MR) is 65.9 cm³/mol. The van der Waals surface area contributed by atoms with Crippen molar-refractivity contribution in [2.24, 2.45) is 0 Å². The number of nitrogen functional groups attached to an aromatic ring is 1. The van der Waals surface area contributed by atoms with E-state index in [1.165, 1.54) is 23.5 Å². The van der Waals surface area contributed by atoms with E-state index in [4.69, 9.17) is 5.73 Å². The van der Waals surface area contributed by atoms with Crippen LogP contribution in [0.1, 0.15) is 10.6 Å². The van der Waals surface area contributed by atoms with Crippen molar-refractivity contribution in [3.05, 3.63) is 40.7 Å².